The Kier molecular flexibility index (Phi) is 5.62. The number of amides is 1. The lowest BCUT2D eigenvalue weighted by atomic mass is 10.0. The number of carbonyl (C=O) groups excluding carboxylic acids is 1. The van der Waals surface area contributed by atoms with Gasteiger partial charge in [-0.1, -0.05) is 18.9 Å². The fourth-order valence-corrected chi connectivity index (χ4v) is 5.00. The molecule has 1 amide bonds. The van der Waals surface area contributed by atoms with Crippen molar-refractivity contribution in [1.29, 1.82) is 0 Å². The Hall–Kier alpha value is -2.54. The van der Waals surface area contributed by atoms with Crippen LogP contribution in [0.3, 0.4) is 0 Å². The van der Waals surface area contributed by atoms with E-state index >= 15 is 0 Å². The molecule has 3 aliphatic rings. The van der Waals surface area contributed by atoms with Crippen LogP contribution in [0.15, 0.2) is 30.5 Å². The van der Waals surface area contributed by atoms with Gasteiger partial charge in [-0.25, -0.2) is 4.68 Å². The second-order valence-corrected chi connectivity index (χ2v) is 8.53. The molecule has 0 radical (unpaired) electrons. The molecule has 1 saturated carbocycles. The summed E-state index contributed by atoms with van der Waals surface area (Å²) >= 11 is 0. The Morgan fingerprint density at radius 2 is 1.87 bits per heavy atom. The minimum absolute atomic E-state index is 0.0241. The van der Waals surface area contributed by atoms with Crippen molar-refractivity contribution in [3.8, 4) is 11.5 Å². The van der Waals surface area contributed by atoms with Gasteiger partial charge in [-0.2, -0.15) is 5.10 Å². The SMILES string of the molecule is O=C(CN1CCC[C@@H]1c1ccc2c(c1)OCCCO2)Nc1ccnn1C1CCCC1. The maximum atomic E-state index is 12.8. The Morgan fingerprint density at radius 1 is 1.03 bits per heavy atom. The van der Waals surface area contributed by atoms with Crippen LogP contribution in [0.1, 0.15) is 62.6 Å². The maximum absolute atomic E-state index is 12.8. The summed E-state index contributed by atoms with van der Waals surface area (Å²) in [6.07, 6.45) is 9.58. The van der Waals surface area contributed by atoms with Crippen molar-refractivity contribution < 1.29 is 14.3 Å². The van der Waals surface area contributed by atoms with Crippen LogP contribution in [0.5, 0.6) is 11.5 Å². The third-order valence-corrected chi connectivity index (χ3v) is 6.48. The molecule has 160 valence electrons. The molecule has 2 aromatic rings. The molecule has 3 heterocycles. The first-order chi connectivity index (χ1) is 14.8. The number of rotatable bonds is 5. The van der Waals surface area contributed by atoms with Gasteiger partial charge in [-0.15, -0.1) is 0 Å². The number of hydrogen-bond donors (Lipinski definition) is 1. The quantitative estimate of drug-likeness (QED) is 0.809. The normalized spacial score (nSPS) is 22.2. The average Bonchev–Trinajstić information content (AvgIpc) is 3.48. The predicted molar refractivity (Wildman–Crippen MR) is 114 cm³/mol. The number of hydrogen-bond acceptors (Lipinski definition) is 5. The Labute approximate surface area is 177 Å². The number of aromatic nitrogens is 2. The molecule has 1 N–H and O–H groups in total. The fourth-order valence-electron chi connectivity index (χ4n) is 5.00. The van der Waals surface area contributed by atoms with Gasteiger partial charge in [0.15, 0.2) is 11.5 Å². The molecule has 1 atom stereocenters. The molecule has 1 aromatic heterocycles. The second-order valence-electron chi connectivity index (χ2n) is 8.53. The minimum Gasteiger partial charge on any atom is -0.490 e. The molecule has 1 aliphatic carbocycles. The number of benzene rings is 1. The van der Waals surface area contributed by atoms with Crippen molar-refractivity contribution in [3.63, 3.8) is 0 Å². The van der Waals surface area contributed by atoms with Gasteiger partial charge in [0.05, 0.1) is 32.0 Å². The van der Waals surface area contributed by atoms with Crippen LogP contribution in [0.2, 0.25) is 0 Å². The summed E-state index contributed by atoms with van der Waals surface area (Å²) in [5.41, 5.74) is 1.19. The molecular weight excluding hydrogens is 380 g/mol. The lowest BCUT2D eigenvalue weighted by Crippen LogP contribution is -2.33. The van der Waals surface area contributed by atoms with Crippen molar-refractivity contribution in [3.05, 3.63) is 36.0 Å². The van der Waals surface area contributed by atoms with Gasteiger partial charge in [0.1, 0.15) is 5.82 Å². The van der Waals surface area contributed by atoms with Crippen LogP contribution in [-0.2, 0) is 4.79 Å². The number of likely N-dealkylation sites (tertiary alicyclic amines) is 1. The molecule has 0 unspecified atom stereocenters. The van der Waals surface area contributed by atoms with Gasteiger partial charge in [0.2, 0.25) is 5.91 Å². The first-order valence-corrected chi connectivity index (χ1v) is 11.2. The van der Waals surface area contributed by atoms with Crippen LogP contribution < -0.4 is 14.8 Å². The number of nitrogens with zero attached hydrogens (tertiary/aromatic N) is 3. The molecule has 0 spiro atoms. The first-order valence-electron chi connectivity index (χ1n) is 11.2. The second kappa shape index (κ2) is 8.68. The zero-order valence-corrected chi connectivity index (χ0v) is 17.4. The summed E-state index contributed by atoms with van der Waals surface area (Å²) in [5, 5.41) is 7.56. The van der Waals surface area contributed by atoms with Crippen molar-refractivity contribution in [2.45, 2.75) is 57.0 Å². The van der Waals surface area contributed by atoms with E-state index < -0.39 is 0 Å². The van der Waals surface area contributed by atoms with E-state index in [1.165, 1.54) is 18.4 Å². The van der Waals surface area contributed by atoms with Gasteiger partial charge in [0, 0.05) is 18.5 Å². The molecule has 0 bridgehead atoms. The number of ether oxygens (including phenoxy) is 2. The highest BCUT2D eigenvalue weighted by Gasteiger charge is 2.29. The van der Waals surface area contributed by atoms with Gasteiger partial charge < -0.3 is 14.8 Å². The van der Waals surface area contributed by atoms with Crippen LogP contribution in [0.25, 0.3) is 0 Å². The van der Waals surface area contributed by atoms with Crippen molar-refractivity contribution in [2.75, 3.05) is 31.6 Å². The topological polar surface area (TPSA) is 68.6 Å². The number of anilines is 1. The first kappa shape index (κ1) is 19.4. The highest BCUT2D eigenvalue weighted by atomic mass is 16.5. The molecule has 7 nitrogen and oxygen atoms in total. The van der Waals surface area contributed by atoms with Crippen molar-refractivity contribution >= 4 is 11.7 Å². The molecule has 7 heteroatoms. The monoisotopic (exact) mass is 410 g/mol. The summed E-state index contributed by atoms with van der Waals surface area (Å²) in [4.78, 5) is 15.1. The summed E-state index contributed by atoms with van der Waals surface area (Å²) < 4.78 is 13.6. The summed E-state index contributed by atoms with van der Waals surface area (Å²) in [6.45, 7) is 2.69. The third kappa shape index (κ3) is 4.03. The molecule has 30 heavy (non-hydrogen) atoms. The summed E-state index contributed by atoms with van der Waals surface area (Å²) in [6, 6.07) is 8.76. The van der Waals surface area contributed by atoms with Gasteiger partial charge in [0.25, 0.3) is 0 Å². The Morgan fingerprint density at radius 3 is 2.73 bits per heavy atom. The predicted octanol–water partition coefficient (Wildman–Crippen LogP) is 3.94. The van der Waals surface area contributed by atoms with Crippen LogP contribution in [0.4, 0.5) is 5.82 Å². The molecule has 5 rings (SSSR count). The van der Waals surface area contributed by atoms with E-state index in [4.69, 9.17) is 9.47 Å². The highest BCUT2D eigenvalue weighted by Crippen LogP contribution is 2.38. The van der Waals surface area contributed by atoms with Gasteiger partial charge >= 0.3 is 0 Å². The van der Waals surface area contributed by atoms with Crippen molar-refractivity contribution in [1.82, 2.24) is 14.7 Å². The van der Waals surface area contributed by atoms with Crippen LogP contribution in [-0.4, -0.2) is 46.9 Å². The fraction of sp³-hybridized carbons (Fsp3) is 0.565. The lowest BCUT2D eigenvalue weighted by molar-refractivity contribution is -0.117. The lowest BCUT2D eigenvalue weighted by Gasteiger charge is -2.25. The molecule has 1 aromatic carbocycles. The van der Waals surface area contributed by atoms with E-state index in [1.54, 1.807) is 6.20 Å². The molecular formula is C23H30N4O3. The number of carbonyl (C=O) groups is 1. The van der Waals surface area contributed by atoms with Gasteiger partial charge in [-0.05, 0) is 49.9 Å². The number of fused-ring (bicyclic) bond motifs is 1. The van der Waals surface area contributed by atoms with Gasteiger partial charge in [-0.3, -0.25) is 9.69 Å². The van der Waals surface area contributed by atoms with Crippen LogP contribution >= 0.6 is 0 Å². The van der Waals surface area contributed by atoms with Crippen molar-refractivity contribution in [2.24, 2.45) is 0 Å². The smallest absolute Gasteiger partial charge is 0.239 e. The third-order valence-electron chi connectivity index (χ3n) is 6.48. The minimum atomic E-state index is 0.0241. The summed E-state index contributed by atoms with van der Waals surface area (Å²) in [7, 11) is 0. The molecule has 1 saturated heterocycles. The van der Waals surface area contributed by atoms with E-state index in [0.717, 1.165) is 56.0 Å². The zero-order chi connectivity index (χ0) is 20.3. The largest absolute Gasteiger partial charge is 0.490 e. The maximum Gasteiger partial charge on any atom is 0.239 e. The van der Waals surface area contributed by atoms with E-state index in [-0.39, 0.29) is 11.9 Å². The van der Waals surface area contributed by atoms with E-state index in [2.05, 4.69) is 27.4 Å². The average molecular weight is 411 g/mol. The Balaban J connectivity index is 1.25. The number of nitrogens with one attached hydrogen (secondary N) is 1. The summed E-state index contributed by atoms with van der Waals surface area (Å²) in [5.74, 6) is 2.48. The standard InChI is InChI=1S/C23H30N4O3/c28-23(25-22-10-11-24-27(22)18-5-1-2-6-18)16-26-12-3-7-19(26)17-8-9-20-21(15-17)30-14-4-13-29-20/h8-11,15,18-19H,1-7,12-14,16H2,(H,25,28)/t19-/m1/s1. The van der Waals surface area contributed by atoms with E-state index in [0.29, 0.717) is 25.8 Å². The zero-order valence-electron chi connectivity index (χ0n) is 17.4. The Bertz CT molecular complexity index is 890. The van der Waals surface area contributed by atoms with E-state index in [9.17, 15) is 4.79 Å². The molecule has 2 fully saturated rings. The molecule has 2 aliphatic heterocycles. The van der Waals surface area contributed by atoms with E-state index in [1.807, 2.05) is 16.8 Å². The highest BCUT2D eigenvalue weighted by molar-refractivity contribution is 5.91. The van der Waals surface area contributed by atoms with Crippen LogP contribution in [0, 0.1) is 0 Å².